The molecule has 0 bridgehead atoms. The molecule has 0 radical (unpaired) electrons. The van der Waals surface area contributed by atoms with Gasteiger partial charge in [0, 0.05) is 21.5 Å². The van der Waals surface area contributed by atoms with Gasteiger partial charge < -0.3 is 0 Å². The van der Waals surface area contributed by atoms with Crippen molar-refractivity contribution in [3.8, 4) is 11.1 Å². The van der Waals surface area contributed by atoms with Crippen LogP contribution in [0.1, 0.15) is 16.8 Å². The van der Waals surface area contributed by atoms with Crippen molar-refractivity contribution in [1.82, 2.24) is 4.98 Å². The number of benzene rings is 2. The summed E-state index contributed by atoms with van der Waals surface area (Å²) in [4.78, 5) is 19.5. The van der Waals surface area contributed by atoms with E-state index in [1.807, 2.05) is 45.0 Å². The van der Waals surface area contributed by atoms with Crippen LogP contribution in [0.5, 0.6) is 0 Å². The summed E-state index contributed by atoms with van der Waals surface area (Å²) < 4.78 is 0. The molecule has 0 aliphatic carbocycles. The predicted octanol–water partition coefficient (Wildman–Crippen LogP) is 5.45. The van der Waals surface area contributed by atoms with E-state index in [4.69, 9.17) is 11.6 Å². The molecule has 0 saturated heterocycles. The largest absolute Gasteiger partial charge is 0.251 e. The standard InChI is InChI=1S/C19H15ClN2O/c1-11-8-12(2)18-15(9-11)17(14-6-4-5-7-16(14)20)19(21-10-23)13(3)22-18/h4-9H,1-3H3. The van der Waals surface area contributed by atoms with Gasteiger partial charge in [0.15, 0.2) is 0 Å². The van der Waals surface area contributed by atoms with Gasteiger partial charge in [-0.25, -0.2) is 4.79 Å². The maximum Gasteiger partial charge on any atom is 0.240 e. The van der Waals surface area contributed by atoms with E-state index >= 15 is 0 Å². The fraction of sp³-hybridized carbons (Fsp3) is 0.158. The molecule has 0 amide bonds. The Hall–Kier alpha value is -2.48. The number of halogens is 1. The number of rotatable bonds is 2. The molecule has 0 aliphatic heterocycles. The highest BCUT2D eigenvalue weighted by molar-refractivity contribution is 6.34. The number of hydrogen-bond acceptors (Lipinski definition) is 3. The van der Waals surface area contributed by atoms with Crippen LogP contribution in [-0.2, 0) is 4.79 Å². The number of carbonyl (C=O) groups excluding carboxylic acids is 1. The number of fused-ring (bicyclic) bond motifs is 1. The van der Waals surface area contributed by atoms with Gasteiger partial charge in [0.05, 0.1) is 11.2 Å². The molecule has 0 unspecified atom stereocenters. The van der Waals surface area contributed by atoms with Gasteiger partial charge in [0.1, 0.15) is 5.69 Å². The van der Waals surface area contributed by atoms with Gasteiger partial charge in [-0.2, -0.15) is 4.99 Å². The molecule has 0 fully saturated rings. The third-order valence-corrected chi connectivity index (χ3v) is 4.20. The monoisotopic (exact) mass is 322 g/mol. The van der Waals surface area contributed by atoms with E-state index < -0.39 is 0 Å². The number of isocyanates is 1. The van der Waals surface area contributed by atoms with Crippen molar-refractivity contribution in [2.45, 2.75) is 20.8 Å². The summed E-state index contributed by atoms with van der Waals surface area (Å²) in [5, 5.41) is 1.55. The maximum absolute atomic E-state index is 10.9. The van der Waals surface area contributed by atoms with Crippen LogP contribution in [0.3, 0.4) is 0 Å². The second kappa shape index (κ2) is 5.96. The first-order valence-electron chi connectivity index (χ1n) is 7.27. The Kier molecular flexibility index (Phi) is 3.99. The number of nitrogens with zero attached hydrogens (tertiary/aromatic N) is 2. The minimum atomic E-state index is 0.519. The summed E-state index contributed by atoms with van der Waals surface area (Å²) in [5.74, 6) is 0. The Bertz CT molecular complexity index is 973. The molecule has 0 saturated carbocycles. The molecule has 0 aliphatic rings. The van der Waals surface area contributed by atoms with Crippen LogP contribution >= 0.6 is 11.6 Å². The molecule has 2 aromatic carbocycles. The molecule has 0 N–H and O–H groups in total. The zero-order valence-electron chi connectivity index (χ0n) is 13.1. The molecule has 0 atom stereocenters. The van der Waals surface area contributed by atoms with Gasteiger partial charge in [-0.3, -0.25) is 4.98 Å². The molecule has 1 aromatic heterocycles. The SMILES string of the molecule is Cc1cc(C)c2nc(C)c(N=C=O)c(-c3ccccc3Cl)c2c1. The molecule has 3 aromatic rings. The van der Waals surface area contributed by atoms with E-state index in [1.165, 1.54) is 0 Å². The molecule has 23 heavy (non-hydrogen) atoms. The zero-order valence-corrected chi connectivity index (χ0v) is 13.9. The van der Waals surface area contributed by atoms with E-state index in [2.05, 4.69) is 22.1 Å². The summed E-state index contributed by atoms with van der Waals surface area (Å²) in [6.45, 7) is 5.90. The summed E-state index contributed by atoms with van der Waals surface area (Å²) >= 11 is 6.40. The molecule has 1 heterocycles. The van der Waals surface area contributed by atoms with Crippen molar-refractivity contribution in [3.63, 3.8) is 0 Å². The lowest BCUT2D eigenvalue weighted by molar-refractivity contribution is 0.565. The fourth-order valence-corrected chi connectivity index (χ4v) is 3.18. The van der Waals surface area contributed by atoms with E-state index in [1.54, 1.807) is 6.08 Å². The minimum absolute atomic E-state index is 0.519. The Morgan fingerprint density at radius 3 is 2.57 bits per heavy atom. The van der Waals surface area contributed by atoms with Crippen LogP contribution < -0.4 is 0 Å². The van der Waals surface area contributed by atoms with Gasteiger partial charge >= 0.3 is 0 Å². The predicted molar refractivity (Wildman–Crippen MR) is 94.2 cm³/mol. The van der Waals surface area contributed by atoms with Gasteiger partial charge in [-0.05, 0) is 38.5 Å². The van der Waals surface area contributed by atoms with Crippen LogP contribution in [0.2, 0.25) is 5.02 Å². The van der Waals surface area contributed by atoms with Crippen molar-refractivity contribution in [2.24, 2.45) is 4.99 Å². The zero-order chi connectivity index (χ0) is 16.6. The summed E-state index contributed by atoms with van der Waals surface area (Å²) in [6.07, 6.45) is 1.64. The second-order valence-corrected chi connectivity index (χ2v) is 5.99. The average molecular weight is 323 g/mol. The Balaban J connectivity index is 2.57. The van der Waals surface area contributed by atoms with Crippen molar-refractivity contribution < 1.29 is 4.79 Å². The van der Waals surface area contributed by atoms with E-state index in [9.17, 15) is 4.79 Å². The first-order chi connectivity index (χ1) is 11.0. The lowest BCUT2D eigenvalue weighted by Gasteiger charge is -2.15. The quantitative estimate of drug-likeness (QED) is 0.465. The number of aliphatic imine (C=N–C) groups is 1. The molecule has 4 heteroatoms. The molecule has 0 spiro atoms. The average Bonchev–Trinajstić information content (AvgIpc) is 2.50. The number of aromatic nitrogens is 1. The summed E-state index contributed by atoms with van der Waals surface area (Å²) in [7, 11) is 0. The maximum atomic E-state index is 10.9. The van der Waals surface area contributed by atoms with Crippen LogP contribution in [0.25, 0.3) is 22.0 Å². The highest BCUT2D eigenvalue weighted by atomic mass is 35.5. The lowest BCUT2D eigenvalue weighted by atomic mass is 9.95. The fourth-order valence-electron chi connectivity index (χ4n) is 2.95. The lowest BCUT2D eigenvalue weighted by Crippen LogP contribution is -1.94. The molecule has 3 nitrogen and oxygen atoms in total. The van der Waals surface area contributed by atoms with Crippen molar-refractivity contribution in [1.29, 1.82) is 0 Å². The second-order valence-electron chi connectivity index (χ2n) is 5.58. The highest BCUT2D eigenvalue weighted by Crippen LogP contribution is 2.42. The normalized spacial score (nSPS) is 10.6. The third kappa shape index (κ3) is 2.65. The molecular formula is C19H15ClN2O. The van der Waals surface area contributed by atoms with Crippen molar-refractivity contribution in [3.05, 3.63) is 58.2 Å². The van der Waals surface area contributed by atoms with Crippen molar-refractivity contribution >= 4 is 34.3 Å². The first kappa shape index (κ1) is 15.4. The van der Waals surface area contributed by atoms with Gasteiger partial charge in [-0.1, -0.05) is 41.4 Å². The number of hydrogen-bond donors (Lipinski definition) is 0. The van der Waals surface area contributed by atoms with Crippen LogP contribution in [0.4, 0.5) is 5.69 Å². The molecule has 3 rings (SSSR count). The Morgan fingerprint density at radius 1 is 1.13 bits per heavy atom. The van der Waals surface area contributed by atoms with Gasteiger partial charge in [-0.15, -0.1) is 0 Å². The number of pyridine rings is 1. The first-order valence-corrected chi connectivity index (χ1v) is 7.65. The highest BCUT2D eigenvalue weighted by Gasteiger charge is 2.17. The Morgan fingerprint density at radius 2 is 1.87 bits per heavy atom. The third-order valence-electron chi connectivity index (χ3n) is 3.87. The van der Waals surface area contributed by atoms with E-state index in [-0.39, 0.29) is 0 Å². The Labute approximate surface area is 139 Å². The summed E-state index contributed by atoms with van der Waals surface area (Å²) in [5.41, 5.74) is 5.96. The minimum Gasteiger partial charge on any atom is -0.251 e. The molecule has 114 valence electrons. The van der Waals surface area contributed by atoms with Crippen molar-refractivity contribution in [2.75, 3.05) is 0 Å². The van der Waals surface area contributed by atoms with Gasteiger partial charge in [0.2, 0.25) is 6.08 Å². The van der Waals surface area contributed by atoms with Crippen LogP contribution in [-0.4, -0.2) is 11.1 Å². The number of aryl methyl sites for hydroxylation is 3. The van der Waals surface area contributed by atoms with Gasteiger partial charge in [0.25, 0.3) is 0 Å². The molecular weight excluding hydrogens is 308 g/mol. The van der Waals surface area contributed by atoms with E-state index in [0.717, 1.165) is 33.2 Å². The van der Waals surface area contributed by atoms with Crippen LogP contribution in [0.15, 0.2) is 41.4 Å². The van der Waals surface area contributed by atoms with Crippen LogP contribution in [0, 0.1) is 20.8 Å². The smallest absolute Gasteiger partial charge is 0.240 e. The topological polar surface area (TPSA) is 42.3 Å². The summed E-state index contributed by atoms with van der Waals surface area (Å²) in [6, 6.07) is 11.7. The van der Waals surface area contributed by atoms with E-state index in [0.29, 0.717) is 16.4 Å².